The molecule has 0 spiro atoms. The van der Waals surface area contributed by atoms with Crippen LogP contribution in [0.1, 0.15) is 30.5 Å². The molecule has 3 aromatic carbocycles. The van der Waals surface area contributed by atoms with Crippen LogP contribution >= 0.6 is 11.6 Å². The highest BCUT2D eigenvalue weighted by Gasteiger charge is 2.47. The predicted molar refractivity (Wildman–Crippen MR) is 138 cm³/mol. The van der Waals surface area contributed by atoms with Crippen molar-refractivity contribution < 1.29 is 28.9 Å². The van der Waals surface area contributed by atoms with E-state index in [2.05, 4.69) is 0 Å². The van der Waals surface area contributed by atoms with Crippen LogP contribution in [0.15, 0.2) is 72.3 Å². The molecule has 0 aliphatic carbocycles. The fraction of sp³-hybridized carbons (Fsp3) is 0.214. The number of carbonyl (C=O) groups excluding carboxylic acids is 2. The van der Waals surface area contributed by atoms with Crippen molar-refractivity contribution in [1.82, 2.24) is 0 Å². The lowest BCUT2D eigenvalue weighted by atomic mass is 9.94. The van der Waals surface area contributed by atoms with Crippen LogP contribution in [0, 0.1) is 0 Å². The number of hydrogen-bond acceptors (Lipinski definition) is 6. The van der Waals surface area contributed by atoms with Gasteiger partial charge < -0.3 is 19.3 Å². The van der Waals surface area contributed by atoms with Gasteiger partial charge in [-0.05, 0) is 30.2 Å². The summed E-state index contributed by atoms with van der Waals surface area (Å²) in [5, 5.41) is 11.7. The fourth-order valence-corrected chi connectivity index (χ4v) is 4.42. The average molecular weight is 508 g/mol. The number of amides is 1. The Morgan fingerprint density at radius 3 is 2.36 bits per heavy atom. The van der Waals surface area contributed by atoms with Gasteiger partial charge in [0.05, 0.1) is 43.0 Å². The summed E-state index contributed by atoms with van der Waals surface area (Å²) in [4.78, 5) is 28.2. The van der Waals surface area contributed by atoms with Crippen LogP contribution in [0.4, 0.5) is 5.69 Å². The second-order valence-corrected chi connectivity index (χ2v) is 8.52. The minimum Gasteiger partial charge on any atom is -0.507 e. The SMILES string of the molecule is CCCOc1cccc(N2C(=O)C(=O)/C(=C(/O)c3cc(Cl)c(OC)cc3OC)C2c2ccccc2)c1. The number of Topliss-reactive ketones (excluding diaryl/α,β-unsaturated/α-hetero) is 1. The van der Waals surface area contributed by atoms with Crippen LogP contribution in [-0.4, -0.2) is 37.6 Å². The standard InChI is InChI=1S/C28H26ClNO6/c1-4-13-36-19-12-8-11-18(14-19)30-25(17-9-6-5-7-10-17)24(27(32)28(30)33)26(31)20-15-21(29)23(35-3)16-22(20)34-2/h5-12,14-16,25,31H,4,13H2,1-3H3/b26-24+. The fourth-order valence-electron chi connectivity index (χ4n) is 4.18. The molecule has 1 saturated heterocycles. The van der Waals surface area contributed by atoms with Crippen molar-refractivity contribution in [3.8, 4) is 17.2 Å². The van der Waals surface area contributed by atoms with Crippen LogP contribution in [-0.2, 0) is 9.59 Å². The highest BCUT2D eigenvalue weighted by molar-refractivity contribution is 6.51. The molecule has 1 amide bonds. The van der Waals surface area contributed by atoms with E-state index in [-0.39, 0.29) is 21.9 Å². The molecule has 0 aromatic heterocycles. The second-order valence-electron chi connectivity index (χ2n) is 8.11. The van der Waals surface area contributed by atoms with Crippen LogP contribution in [0.3, 0.4) is 0 Å². The molecule has 8 heteroatoms. The minimum atomic E-state index is -0.891. The van der Waals surface area contributed by atoms with Gasteiger partial charge in [0.15, 0.2) is 0 Å². The molecule has 1 heterocycles. The molecule has 1 aliphatic rings. The first-order valence-corrected chi connectivity index (χ1v) is 11.8. The van der Waals surface area contributed by atoms with Crippen molar-refractivity contribution in [2.45, 2.75) is 19.4 Å². The summed E-state index contributed by atoms with van der Waals surface area (Å²) in [5.74, 6) is -0.834. The number of aliphatic hydroxyl groups is 1. The molecule has 1 aliphatic heterocycles. The topological polar surface area (TPSA) is 85.3 Å². The van der Waals surface area contributed by atoms with Crippen molar-refractivity contribution in [3.05, 3.63) is 88.5 Å². The second kappa shape index (κ2) is 10.7. The number of hydrogen-bond donors (Lipinski definition) is 1. The summed E-state index contributed by atoms with van der Waals surface area (Å²) in [7, 11) is 2.88. The number of rotatable bonds is 8. The van der Waals surface area contributed by atoms with Gasteiger partial charge in [0.25, 0.3) is 11.7 Å². The Labute approximate surface area is 214 Å². The Balaban J connectivity index is 1.93. The van der Waals surface area contributed by atoms with Gasteiger partial charge in [0.2, 0.25) is 0 Å². The number of aliphatic hydroxyl groups excluding tert-OH is 1. The number of nitrogens with zero attached hydrogens (tertiary/aromatic N) is 1. The maximum Gasteiger partial charge on any atom is 0.300 e. The largest absolute Gasteiger partial charge is 0.507 e. The van der Waals surface area contributed by atoms with Crippen LogP contribution in [0.5, 0.6) is 17.2 Å². The van der Waals surface area contributed by atoms with Crippen molar-refractivity contribution >= 4 is 34.7 Å². The summed E-state index contributed by atoms with van der Waals surface area (Å²) in [6.45, 7) is 2.51. The van der Waals surface area contributed by atoms with E-state index < -0.39 is 23.5 Å². The minimum absolute atomic E-state index is 0.0781. The van der Waals surface area contributed by atoms with Gasteiger partial charge in [-0.3, -0.25) is 14.5 Å². The number of ether oxygens (including phenoxy) is 3. The van der Waals surface area contributed by atoms with Gasteiger partial charge in [-0.1, -0.05) is 54.9 Å². The molecule has 1 atom stereocenters. The lowest BCUT2D eigenvalue weighted by molar-refractivity contribution is -0.132. The van der Waals surface area contributed by atoms with Gasteiger partial charge in [0, 0.05) is 17.8 Å². The average Bonchev–Trinajstić information content (AvgIpc) is 3.17. The van der Waals surface area contributed by atoms with Gasteiger partial charge in [-0.25, -0.2) is 0 Å². The number of benzene rings is 3. The Hall–Kier alpha value is -3.97. The van der Waals surface area contributed by atoms with Gasteiger partial charge in [-0.15, -0.1) is 0 Å². The van der Waals surface area contributed by atoms with E-state index in [9.17, 15) is 14.7 Å². The third kappa shape index (κ3) is 4.62. The van der Waals surface area contributed by atoms with E-state index in [0.717, 1.165) is 6.42 Å². The zero-order chi connectivity index (χ0) is 25.8. The van der Waals surface area contributed by atoms with E-state index in [1.54, 1.807) is 48.5 Å². The number of halogens is 1. The van der Waals surface area contributed by atoms with Crippen molar-refractivity contribution in [2.75, 3.05) is 25.7 Å². The maximum absolute atomic E-state index is 13.4. The van der Waals surface area contributed by atoms with E-state index in [0.29, 0.717) is 29.4 Å². The molecule has 7 nitrogen and oxygen atoms in total. The Morgan fingerprint density at radius 1 is 0.972 bits per heavy atom. The molecular formula is C28H26ClNO6. The molecule has 0 radical (unpaired) electrons. The molecule has 3 aromatic rings. The van der Waals surface area contributed by atoms with E-state index in [1.165, 1.54) is 31.3 Å². The summed E-state index contributed by atoms with van der Waals surface area (Å²) >= 11 is 6.32. The monoisotopic (exact) mass is 507 g/mol. The first kappa shape index (κ1) is 25.1. The number of anilines is 1. The summed E-state index contributed by atoms with van der Waals surface area (Å²) in [6.07, 6.45) is 0.824. The third-order valence-electron chi connectivity index (χ3n) is 5.86. The number of carbonyl (C=O) groups is 2. The number of methoxy groups -OCH3 is 2. The molecule has 0 saturated carbocycles. The lowest BCUT2D eigenvalue weighted by Crippen LogP contribution is -2.29. The first-order valence-electron chi connectivity index (χ1n) is 11.4. The third-order valence-corrected chi connectivity index (χ3v) is 6.15. The molecule has 1 N–H and O–H groups in total. The first-order chi connectivity index (χ1) is 17.4. The van der Waals surface area contributed by atoms with Gasteiger partial charge >= 0.3 is 0 Å². The Morgan fingerprint density at radius 2 is 1.69 bits per heavy atom. The highest BCUT2D eigenvalue weighted by atomic mass is 35.5. The van der Waals surface area contributed by atoms with Gasteiger partial charge in [-0.2, -0.15) is 0 Å². The quantitative estimate of drug-likeness (QED) is 0.236. The molecule has 4 rings (SSSR count). The zero-order valence-electron chi connectivity index (χ0n) is 20.2. The number of ketones is 1. The van der Waals surface area contributed by atoms with Crippen molar-refractivity contribution in [3.63, 3.8) is 0 Å². The molecule has 1 fully saturated rings. The molecule has 1 unspecified atom stereocenters. The maximum atomic E-state index is 13.4. The van der Waals surface area contributed by atoms with E-state index in [4.69, 9.17) is 25.8 Å². The van der Waals surface area contributed by atoms with Crippen molar-refractivity contribution in [1.29, 1.82) is 0 Å². The van der Waals surface area contributed by atoms with Crippen LogP contribution in [0.2, 0.25) is 5.02 Å². The van der Waals surface area contributed by atoms with E-state index in [1.807, 2.05) is 13.0 Å². The Bertz CT molecular complexity index is 1320. The summed E-state index contributed by atoms with van der Waals surface area (Å²) in [5.41, 5.74) is 1.21. The molecule has 0 bridgehead atoms. The van der Waals surface area contributed by atoms with Crippen LogP contribution < -0.4 is 19.1 Å². The predicted octanol–water partition coefficient (Wildman–Crippen LogP) is 5.77. The lowest BCUT2D eigenvalue weighted by Gasteiger charge is -2.26. The zero-order valence-corrected chi connectivity index (χ0v) is 20.9. The summed E-state index contributed by atoms with van der Waals surface area (Å²) < 4.78 is 16.4. The van der Waals surface area contributed by atoms with E-state index >= 15 is 0 Å². The smallest absolute Gasteiger partial charge is 0.300 e. The summed E-state index contributed by atoms with van der Waals surface area (Å²) in [6, 6.07) is 18.1. The van der Waals surface area contributed by atoms with Gasteiger partial charge in [0.1, 0.15) is 23.0 Å². The molecule has 186 valence electrons. The van der Waals surface area contributed by atoms with Crippen LogP contribution in [0.25, 0.3) is 5.76 Å². The normalized spacial score (nSPS) is 16.8. The van der Waals surface area contributed by atoms with Crippen molar-refractivity contribution in [2.24, 2.45) is 0 Å². The molecular weight excluding hydrogens is 482 g/mol. The highest BCUT2D eigenvalue weighted by Crippen LogP contribution is 2.45. The molecule has 36 heavy (non-hydrogen) atoms. The Kier molecular flexibility index (Phi) is 7.50.